The van der Waals surface area contributed by atoms with E-state index in [2.05, 4.69) is 12.7 Å². The normalized spacial score (nSPS) is 9.18. The van der Waals surface area contributed by atoms with Crippen molar-refractivity contribution in [3.05, 3.63) is 42.5 Å². The Hall–Kier alpha value is -1.24. The molecular formula is C10H11O. The summed E-state index contributed by atoms with van der Waals surface area (Å²) in [4.78, 5) is 0. The Morgan fingerprint density at radius 1 is 1.36 bits per heavy atom. The molecule has 0 aliphatic heterocycles. The van der Waals surface area contributed by atoms with Crippen molar-refractivity contribution >= 4 is 0 Å². The summed E-state index contributed by atoms with van der Waals surface area (Å²) < 4.78 is 5.01. The third kappa shape index (κ3) is 2.11. The average molecular weight is 147 g/mol. The summed E-state index contributed by atoms with van der Waals surface area (Å²) in [5.41, 5.74) is 1.21. The summed E-state index contributed by atoms with van der Waals surface area (Å²) in [5, 5.41) is 0. The van der Waals surface area contributed by atoms with Crippen LogP contribution in [0.1, 0.15) is 5.56 Å². The van der Waals surface area contributed by atoms with Gasteiger partial charge >= 0.3 is 0 Å². The second-order valence-corrected chi connectivity index (χ2v) is 2.27. The van der Waals surface area contributed by atoms with Crippen molar-refractivity contribution in [3.63, 3.8) is 0 Å². The van der Waals surface area contributed by atoms with Gasteiger partial charge in [-0.25, -0.2) is 0 Å². The smallest absolute Gasteiger partial charge is 0.118 e. The Kier molecular flexibility index (Phi) is 2.73. The molecule has 0 aliphatic rings. The first-order valence-corrected chi connectivity index (χ1v) is 3.49. The minimum Gasteiger partial charge on any atom is -0.497 e. The highest BCUT2D eigenvalue weighted by molar-refractivity contribution is 5.27. The van der Waals surface area contributed by atoms with Gasteiger partial charge in [0.2, 0.25) is 0 Å². The van der Waals surface area contributed by atoms with Crippen molar-refractivity contribution in [2.24, 2.45) is 0 Å². The Morgan fingerprint density at radius 2 is 2.00 bits per heavy atom. The lowest BCUT2D eigenvalue weighted by atomic mass is 10.1. The molecule has 0 fully saturated rings. The molecule has 0 saturated heterocycles. The van der Waals surface area contributed by atoms with Crippen LogP contribution in [0, 0.1) is 6.08 Å². The molecule has 1 aromatic carbocycles. The van der Waals surface area contributed by atoms with Crippen LogP contribution in [0.25, 0.3) is 0 Å². The highest BCUT2D eigenvalue weighted by Crippen LogP contribution is 2.11. The maximum atomic E-state index is 5.01. The molecule has 0 aromatic heterocycles. The lowest BCUT2D eigenvalue weighted by Gasteiger charge is -1.99. The van der Waals surface area contributed by atoms with Crippen molar-refractivity contribution in [2.75, 3.05) is 7.11 Å². The average Bonchev–Trinajstić information content (AvgIpc) is 2.07. The Morgan fingerprint density at radius 3 is 2.45 bits per heavy atom. The first kappa shape index (κ1) is 7.86. The first-order chi connectivity index (χ1) is 5.36. The maximum absolute atomic E-state index is 5.01. The molecule has 0 saturated carbocycles. The molecule has 0 atom stereocenters. The Labute approximate surface area is 67.3 Å². The quantitative estimate of drug-likeness (QED) is 0.637. The molecule has 11 heavy (non-hydrogen) atoms. The van der Waals surface area contributed by atoms with Crippen molar-refractivity contribution in [1.29, 1.82) is 0 Å². The fourth-order valence-corrected chi connectivity index (χ4v) is 0.888. The van der Waals surface area contributed by atoms with Gasteiger partial charge in [0.05, 0.1) is 7.11 Å². The van der Waals surface area contributed by atoms with E-state index in [9.17, 15) is 0 Å². The van der Waals surface area contributed by atoms with Gasteiger partial charge in [-0.3, -0.25) is 0 Å². The van der Waals surface area contributed by atoms with Gasteiger partial charge in [0.25, 0.3) is 0 Å². The molecule has 0 spiro atoms. The highest BCUT2D eigenvalue weighted by atomic mass is 16.5. The van der Waals surface area contributed by atoms with Gasteiger partial charge in [-0.05, 0) is 30.2 Å². The molecule has 1 radical (unpaired) electrons. The number of allylic oxidation sites excluding steroid dienone is 1. The summed E-state index contributed by atoms with van der Waals surface area (Å²) >= 11 is 0. The maximum Gasteiger partial charge on any atom is 0.118 e. The number of ether oxygens (including phenoxy) is 1. The predicted molar refractivity (Wildman–Crippen MR) is 45.6 cm³/mol. The lowest BCUT2D eigenvalue weighted by molar-refractivity contribution is 0.414. The first-order valence-electron chi connectivity index (χ1n) is 3.49. The van der Waals surface area contributed by atoms with E-state index >= 15 is 0 Å². The van der Waals surface area contributed by atoms with Crippen LogP contribution in [0.4, 0.5) is 0 Å². The summed E-state index contributed by atoms with van der Waals surface area (Å²) in [7, 11) is 1.66. The molecule has 1 nitrogen and oxygen atoms in total. The molecule has 0 heterocycles. The number of hydrogen-bond acceptors (Lipinski definition) is 1. The van der Waals surface area contributed by atoms with Crippen LogP contribution in [-0.4, -0.2) is 7.11 Å². The van der Waals surface area contributed by atoms with E-state index < -0.39 is 0 Å². The van der Waals surface area contributed by atoms with Crippen molar-refractivity contribution in [1.82, 2.24) is 0 Å². The lowest BCUT2D eigenvalue weighted by Crippen LogP contribution is -1.84. The fourth-order valence-electron chi connectivity index (χ4n) is 0.888. The molecule has 0 unspecified atom stereocenters. The van der Waals surface area contributed by atoms with Crippen molar-refractivity contribution in [2.45, 2.75) is 6.42 Å². The van der Waals surface area contributed by atoms with E-state index in [1.165, 1.54) is 5.56 Å². The zero-order chi connectivity index (χ0) is 8.10. The molecule has 0 N–H and O–H groups in total. The van der Waals surface area contributed by atoms with Gasteiger partial charge < -0.3 is 4.74 Å². The van der Waals surface area contributed by atoms with Gasteiger partial charge in [-0.1, -0.05) is 18.7 Å². The van der Waals surface area contributed by atoms with Crippen molar-refractivity contribution < 1.29 is 4.74 Å². The topological polar surface area (TPSA) is 9.23 Å². The van der Waals surface area contributed by atoms with Crippen LogP contribution in [0.3, 0.4) is 0 Å². The Bertz CT molecular complexity index is 223. The summed E-state index contributed by atoms with van der Waals surface area (Å²) in [6.45, 7) is 3.54. The summed E-state index contributed by atoms with van der Waals surface area (Å²) in [6, 6.07) is 7.90. The predicted octanol–water partition coefficient (Wildman–Crippen LogP) is 2.23. The molecular weight excluding hydrogens is 136 g/mol. The summed E-state index contributed by atoms with van der Waals surface area (Å²) in [6.07, 6.45) is 3.63. The van der Waals surface area contributed by atoms with E-state index in [0.717, 1.165) is 12.2 Å². The zero-order valence-electron chi connectivity index (χ0n) is 6.63. The highest BCUT2D eigenvalue weighted by Gasteiger charge is 1.90. The van der Waals surface area contributed by atoms with Crippen LogP contribution in [0.5, 0.6) is 5.75 Å². The molecule has 0 aliphatic carbocycles. The van der Waals surface area contributed by atoms with Crippen LogP contribution in [0.15, 0.2) is 30.8 Å². The Balaban J connectivity index is 2.74. The van der Waals surface area contributed by atoms with Gasteiger partial charge in [0.15, 0.2) is 0 Å². The number of methoxy groups -OCH3 is 1. The van der Waals surface area contributed by atoms with E-state index in [1.807, 2.05) is 24.3 Å². The molecule has 57 valence electrons. The van der Waals surface area contributed by atoms with Gasteiger partial charge in [-0.15, -0.1) is 0 Å². The third-order valence-corrected chi connectivity index (χ3v) is 1.49. The fraction of sp³-hybridized carbons (Fsp3) is 0.200. The van der Waals surface area contributed by atoms with Crippen molar-refractivity contribution in [3.8, 4) is 5.75 Å². The van der Waals surface area contributed by atoms with Crippen LogP contribution in [0.2, 0.25) is 0 Å². The zero-order valence-corrected chi connectivity index (χ0v) is 6.63. The molecule has 0 bridgehead atoms. The standard InChI is InChI=1S/C10H11O/c1-3-4-9-5-7-10(11-2)8-6-9/h5-8H,1,4H2,2H3. The van der Waals surface area contributed by atoms with Gasteiger partial charge in [-0.2, -0.15) is 0 Å². The second-order valence-electron chi connectivity index (χ2n) is 2.27. The largest absolute Gasteiger partial charge is 0.497 e. The van der Waals surface area contributed by atoms with Crippen LogP contribution < -0.4 is 4.74 Å². The van der Waals surface area contributed by atoms with Gasteiger partial charge in [0.1, 0.15) is 5.75 Å². The van der Waals surface area contributed by atoms with E-state index in [1.54, 1.807) is 7.11 Å². The number of benzene rings is 1. The van der Waals surface area contributed by atoms with E-state index in [0.29, 0.717) is 0 Å². The molecule has 1 rings (SSSR count). The minimum atomic E-state index is 0.796. The minimum absolute atomic E-state index is 0.796. The van der Waals surface area contributed by atoms with E-state index in [4.69, 9.17) is 4.74 Å². The molecule has 1 heteroatoms. The summed E-state index contributed by atoms with van der Waals surface area (Å²) in [5.74, 6) is 0.887. The number of rotatable bonds is 3. The molecule has 0 amide bonds. The second kappa shape index (κ2) is 3.81. The van der Waals surface area contributed by atoms with Crippen LogP contribution in [-0.2, 0) is 6.42 Å². The SMILES string of the molecule is C=[C]Cc1ccc(OC)cc1. The van der Waals surface area contributed by atoms with E-state index in [-0.39, 0.29) is 0 Å². The number of hydrogen-bond donors (Lipinski definition) is 0. The van der Waals surface area contributed by atoms with Crippen LogP contribution >= 0.6 is 0 Å². The third-order valence-electron chi connectivity index (χ3n) is 1.49. The van der Waals surface area contributed by atoms with Gasteiger partial charge in [0, 0.05) is 0 Å². The monoisotopic (exact) mass is 147 g/mol. The molecule has 1 aromatic rings.